The highest BCUT2D eigenvalue weighted by Crippen LogP contribution is 2.29. The summed E-state index contributed by atoms with van der Waals surface area (Å²) in [5, 5.41) is 4.44. The van der Waals surface area contributed by atoms with Gasteiger partial charge in [0, 0.05) is 17.6 Å². The third-order valence-electron chi connectivity index (χ3n) is 2.61. The van der Waals surface area contributed by atoms with Crippen molar-refractivity contribution in [1.82, 2.24) is 15.0 Å². The summed E-state index contributed by atoms with van der Waals surface area (Å²) < 4.78 is 13.0. The maximum absolute atomic E-state index is 13.0. The molecule has 0 bridgehead atoms. The first-order valence-electron chi connectivity index (χ1n) is 5.52. The summed E-state index contributed by atoms with van der Waals surface area (Å²) in [7, 11) is 0. The van der Waals surface area contributed by atoms with Gasteiger partial charge >= 0.3 is 0 Å². The van der Waals surface area contributed by atoms with Crippen LogP contribution in [0.2, 0.25) is 5.02 Å². The maximum Gasteiger partial charge on any atom is 0.218 e. The van der Waals surface area contributed by atoms with Crippen molar-refractivity contribution in [2.75, 3.05) is 5.32 Å². The van der Waals surface area contributed by atoms with Gasteiger partial charge in [-0.15, -0.1) is 0 Å². The van der Waals surface area contributed by atoms with Crippen molar-refractivity contribution in [1.29, 1.82) is 0 Å². The first kappa shape index (κ1) is 11.8. The Balaban J connectivity index is 2.09. The van der Waals surface area contributed by atoms with Gasteiger partial charge in [-0.3, -0.25) is 4.98 Å². The molecule has 0 saturated carbocycles. The second-order valence-corrected chi connectivity index (χ2v) is 4.25. The Kier molecular flexibility index (Phi) is 2.97. The van der Waals surface area contributed by atoms with E-state index in [1.807, 2.05) is 12.1 Å². The number of rotatable bonds is 2. The lowest BCUT2D eigenvalue weighted by molar-refractivity contribution is 0.580. The Labute approximate surface area is 113 Å². The highest BCUT2D eigenvalue weighted by atomic mass is 35.5. The molecule has 0 radical (unpaired) electrons. The summed E-state index contributed by atoms with van der Waals surface area (Å²) in [5.74, 6) is -0.231. The fourth-order valence-electron chi connectivity index (χ4n) is 1.78. The number of hydrogen-bond acceptors (Lipinski definition) is 4. The van der Waals surface area contributed by atoms with E-state index in [2.05, 4.69) is 20.3 Å². The van der Waals surface area contributed by atoms with Gasteiger partial charge in [0.1, 0.15) is 12.1 Å². The number of aromatic nitrogens is 3. The van der Waals surface area contributed by atoms with Crippen LogP contribution in [0.3, 0.4) is 0 Å². The molecule has 0 spiro atoms. The Bertz CT molecular complexity index is 748. The van der Waals surface area contributed by atoms with Crippen molar-refractivity contribution >= 4 is 34.0 Å². The summed E-state index contributed by atoms with van der Waals surface area (Å²) in [6.45, 7) is 0. The van der Waals surface area contributed by atoms with Gasteiger partial charge in [0.05, 0.1) is 16.2 Å². The number of nitrogens with one attached hydrogen (secondary N) is 1. The Morgan fingerprint density at radius 3 is 2.84 bits per heavy atom. The third-order valence-corrected chi connectivity index (χ3v) is 2.94. The van der Waals surface area contributed by atoms with Gasteiger partial charge in [-0.05, 0) is 24.3 Å². The summed E-state index contributed by atoms with van der Waals surface area (Å²) in [5.41, 5.74) is 1.41. The van der Waals surface area contributed by atoms with Crippen molar-refractivity contribution in [3.05, 3.63) is 53.8 Å². The standard InChI is InChI=1S/C13H8ClFN4/c14-9-3-4-10(13-8(9)2-1-5-16-13)19-12-6-11(15)17-7-18-12/h1-7H,(H,17,18,19). The molecule has 19 heavy (non-hydrogen) atoms. The molecule has 0 aliphatic rings. The summed E-state index contributed by atoms with van der Waals surface area (Å²) in [6, 6.07) is 8.42. The van der Waals surface area contributed by atoms with E-state index in [4.69, 9.17) is 11.6 Å². The molecule has 0 atom stereocenters. The van der Waals surface area contributed by atoms with E-state index in [0.29, 0.717) is 22.0 Å². The van der Waals surface area contributed by atoms with E-state index in [0.717, 1.165) is 11.7 Å². The zero-order valence-electron chi connectivity index (χ0n) is 9.64. The molecular formula is C13H8ClFN4. The van der Waals surface area contributed by atoms with Crippen LogP contribution >= 0.6 is 11.6 Å². The highest BCUT2D eigenvalue weighted by Gasteiger charge is 2.06. The molecule has 0 amide bonds. The molecule has 4 nitrogen and oxygen atoms in total. The monoisotopic (exact) mass is 274 g/mol. The number of anilines is 2. The average molecular weight is 275 g/mol. The second kappa shape index (κ2) is 4.78. The maximum atomic E-state index is 13.0. The number of hydrogen-bond donors (Lipinski definition) is 1. The molecule has 1 aromatic carbocycles. The largest absolute Gasteiger partial charge is 0.338 e. The molecule has 3 aromatic rings. The van der Waals surface area contributed by atoms with E-state index in [9.17, 15) is 4.39 Å². The van der Waals surface area contributed by atoms with Crippen LogP contribution < -0.4 is 5.32 Å². The van der Waals surface area contributed by atoms with Crippen LogP contribution in [0.5, 0.6) is 0 Å². The quantitative estimate of drug-likeness (QED) is 0.726. The predicted octanol–water partition coefficient (Wildman–Crippen LogP) is 3.56. The molecule has 6 heteroatoms. The molecule has 94 valence electrons. The topological polar surface area (TPSA) is 50.7 Å². The summed E-state index contributed by atoms with van der Waals surface area (Å²) in [6.07, 6.45) is 2.83. The van der Waals surface area contributed by atoms with Crippen LogP contribution in [0.25, 0.3) is 10.9 Å². The second-order valence-electron chi connectivity index (χ2n) is 3.85. The first-order chi connectivity index (χ1) is 9.24. The third kappa shape index (κ3) is 2.32. The summed E-state index contributed by atoms with van der Waals surface area (Å²) >= 11 is 6.10. The SMILES string of the molecule is Fc1cc(Nc2ccc(Cl)c3cccnc23)ncn1. The average Bonchev–Trinajstić information content (AvgIpc) is 2.42. The molecule has 0 saturated heterocycles. The molecule has 1 N–H and O–H groups in total. The predicted molar refractivity (Wildman–Crippen MR) is 72.0 cm³/mol. The molecule has 0 unspecified atom stereocenters. The Morgan fingerprint density at radius 2 is 2.00 bits per heavy atom. The van der Waals surface area contributed by atoms with E-state index in [-0.39, 0.29) is 0 Å². The van der Waals surface area contributed by atoms with Crippen molar-refractivity contribution in [2.24, 2.45) is 0 Å². The normalized spacial score (nSPS) is 10.6. The molecule has 2 aromatic heterocycles. The minimum Gasteiger partial charge on any atom is -0.338 e. The fourth-order valence-corrected chi connectivity index (χ4v) is 1.99. The van der Waals surface area contributed by atoms with Gasteiger partial charge in [0.25, 0.3) is 0 Å². The van der Waals surface area contributed by atoms with Gasteiger partial charge in [0.15, 0.2) is 0 Å². The number of fused-ring (bicyclic) bond motifs is 1. The number of benzene rings is 1. The number of pyridine rings is 1. The highest BCUT2D eigenvalue weighted by molar-refractivity contribution is 6.35. The minimum absolute atomic E-state index is 0.363. The van der Waals surface area contributed by atoms with Crippen molar-refractivity contribution in [3.63, 3.8) is 0 Å². The van der Waals surface area contributed by atoms with Gasteiger partial charge in [-0.2, -0.15) is 4.39 Å². The lowest BCUT2D eigenvalue weighted by atomic mass is 10.2. The Morgan fingerprint density at radius 1 is 1.11 bits per heavy atom. The lowest BCUT2D eigenvalue weighted by Crippen LogP contribution is -1.97. The fraction of sp³-hybridized carbons (Fsp3) is 0. The lowest BCUT2D eigenvalue weighted by Gasteiger charge is -2.09. The van der Waals surface area contributed by atoms with E-state index < -0.39 is 5.95 Å². The molecule has 3 rings (SSSR count). The van der Waals surface area contributed by atoms with Gasteiger partial charge in [-0.25, -0.2) is 9.97 Å². The molecule has 0 fully saturated rings. The first-order valence-corrected chi connectivity index (χ1v) is 5.89. The van der Waals surface area contributed by atoms with Crippen LogP contribution in [-0.2, 0) is 0 Å². The van der Waals surface area contributed by atoms with Gasteiger partial charge < -0.3 is 5.32 Å². The van der Waals surface area contributed by atoms with Crippen LogP contribution in [-0.4, -0.2) is 15.0 Å². The smallest absolute Gasteiger partial charge is 0.218 e. The van der Waals surface area contributed by atoms with E-state index in [1.165, 1.54) is 6.07 Å². The van der Waals surface area contributed by atoms with Gasteiger partial charge in [-0.1, -0.05) is 11.6 Å². The van der Waals surface area contributed by atoms with Crippen LogP contribution in [0.4, 0.5) is 15.9 Å². The van der Waals surface area contributed by atoms with Gasteiger partial charge in [0.2, 0.25) is 5.95 Å². The molecular weight excluding hydrogens is 267 g/mol. The van der Waals surface area contributed by atoms with E-state index >= 15 is 0 Å². The Hall–Kier alpha value is -2.27. The minimum atomic E-state index is -0.594. The molecule has 0 aliphatic carbocycles. The van der Waals surface area contributed by atoms with Crippen molar-refractivity contribution < 1.29 is 4.39 Å². The van der Waals surface area contributed by atoms with Crippen molar-refractivity contribution in [3.8, 4) is 0 Å². The van der Waals surface area contributed by atoms with Crippen LogP contribution in [0, 0.1) is 5.95 Å². The summed E-state index contributed by atoms with van der Waals surface area (Å²) in [4.78, 5) is 11.6. The van der Waals surface area contributed by atoms with Crippen LogP contribution in [0.15, 0.2) is 42.9 Å². The molecule has 0 aliphatic heterocycles. The van der Waals surface area contributed by atoms with E-state index in [1.54, 1.807) is 18.3 Å². The number of nitrogens with zero attached hydrogens (tertiary/aromatic N) is 3. The number of halogens is 2. The van der Waals surface area contributed by atoms with Crippen molar-refractivity contribution in [2.45, 2.75) is 0 Å². The zero-order valence-corrected chi connectivity index (χ0v) is 10.4. The zero-order chi connectivity index (χ0) is 13.2. The molecule has 2 heterocycles. The van der Waals surface area contributed by atoms with Crippen LogP contribution in [0.1, 0.15) is 0 Å².